The normalized spacial score (nSPS) is 15.0. The van der Waals surface area contributed by atoms with Crippen LogP contribution in [0, 0.1) is 25.6 Å². The van der Waals surface area contributed by atoms with E-state index in [0.29, 0.717) is 80.1 Å². The van der Waals surface area contributed by atoms with Gasteiger partial charge in [0, 0.05) is 73.3 Å². The van der Waals surface area contributed by atoms with Gasteiger partial charge in [-0.15, -0.1) is 4.52 Å². The van der Waals surface area contributed by atoms with E-state index in [1.54, 1.807) is 25.1 Å². The van der Waals surface area contributed by atoms with Gasteiger partial charge in [-0.2, -0.15) is 4.67 Å². The molecule has 1 aliphatic heterocycles. The fraction of sp³-hybridized carbons (Fsp3) is 0.515. The number of carbonyl (C=O) groups is 3. The van der Waals surface area contributed by atoms with Crippen LogP contribution in [-0.4, -0.2) is 85.1 Å². The molecular formula is C33H47FN7O8P. The van der Waals surface area contributed by atoms with E-state index in [2.05, 4.69) is 30.6 Å². The molecule has 0 radical (unpaired) electrons. The van der Waals surface area contributed by atoms with Crippen LogP contribution < -0.4 is 26.9 Å². The maximum Gasteiger partial charge on any atom is 0.688 e. The number of rotatable bonds is 20. The Morgan fingerprint density at radius 3 is 2.70 bits per heavy atom. The molecule has 274 valence electrons. The summed E-state index contributed by atoms with van der Waals surface area (Å²) in [5.41, 5.74) is 10.5. The predicted molar refractivity (Wildman–Crippen MR) is 185 cm³/mol. The smallest absolute Gasteiger partial charge is 0.672 e. The number of carbonyl (C=O) groups excluding carboxylic acids is 3. The van der Waals surface area contributed by atoms with Gasteiger partial charge >= 0.3 is 8.25 Å². The zero-order valence-electron chi connectivity index (χ0n) is 28.8. The average molecular weight is 720 g/mol. The van der Waals surface area contributed by atoms with Crippen molar-refractivity contribution >= 4 is 49.3 Å². The minimum Gasteiger partial charge on any atom is -0.672 e. The zero-order valence-corrected chi connectivity index (χ0v) is 29.7. The molecule has 0 bridgehead atoms. The number of aromatic amines is 1. The number of aryl methyl sites for hydroxylation is 1. The SMILES string of the molecule is CN=C(N)N(C)CCC[C@H](NC(=O)CCc1c(C)[nH]c(/C=C2\C(=O)Nc3ccc(F)cc32)c1C)C(=O)NCCCCC(CO)CO[P+](=O)O[O-]. The van der Waals surface area contributed by atoms with Gasteiger partial charge in [0.15, 0.2) is 5.96 Å². The van der Waals surface area contributed by atoms with E-state index in [1.807, 2.05) is 13.8 Å². The molecule has 1 aliphatic rings. The lowest BCUT2D eigenvalue weighted by molar-refractivity contribution is -0.638. The second-order valence-electron chi connectivity index (χ2n) is 12.2. The van der Waals surface area contributed by atoms with Gasteiger partial charge < -0.3 is 41.9 Å². The van der Waals surface area contributed by atoms with Crippen LogP contribution in [-0.2, 0) is 34.6 Å². The topological polar surface area (TPSA) is 224 Å². The van der Waals surface area contributed by atoms with Crippen molar-refractivity contribution in [3.8, 4) is 0 Å². The van der Waals surface area contributed by atoms with Crippen molar-refractivity contribution in [1.82, 2.24) is 20.5 Å². The molecule has 3 amide bonds. The minimum atomic E-state index is -2.76. The molecule has 3 atom stereocenters. The third-order valence-electron chi connectivity index (χ3n) is 8.62. The summed E-state index contributed by atoms with van der Waals surface area (Å²) in [6.07, 6.45) is 4.78. The van der Waals surface area contributed by atoms with Crippen LogP contribution in [0.25, 0.3) is 11.6 Å². The van der Waals surface area contributed by atoms with Gasteiger partial charge in [0.1, 0.15) is 18.5 Å². The van der Waals surface area contributed by atoms with Crippen molar-refractivity contribution in [2.24, 2.45) is 16.6 Å². The second kappa shape index (κ2) is 19.8. The Morgan fingerprint density at radius 1 is 1.24 bits per heavy atom. The summed E-state index contributed by atoms with van der Waals surface area (Å²) < 4.78 is 33.0. The molecule has 1 aromatic heterocycles. The first-order valence-corrected chi connectivity index (χ1v) is 17.5. The van der Waals surface area contributed by atoms with E-state index >= 15 is 0 Å². The van der Waals surface area contributed by atoms with Crippen LogP contribution >= 0.6 is 8.25 Å². The Hall–Kier alpha value is -4.21. The van der Waals surface area contributed by atoms with E-state index in [0.717, 1.165) is 16.8 Å². The molecule has 0 saturated carbocycles. The standard InChI is InChI=1S/C33H47FN7O8P/c1-20-24(21(2)38-29(20)17-26-25-16-23(34)10-12-27(25)40-31(26)44)11-13-30(43)39-28(9-7-15-41(4)33(35)36-3)32(45)37-14-6-5-8-22(18-42)19-48-50(47)49-46/h10,12,16-17,22,28,38,42H,5-9,11,13-15,18-19H2,1-4H3,(H5-,35,36,37,39,40,43,44,45,46)/b26-17-/t22?,28-/m0/s1. The molecule has 7 N–H and O–H groups in total. The highest BCUT2D eigenvalue weighted by atomic mass is 31.1. The monoisotopic (exact) mass is 719 g/mol. The molecule has 50 heavy (non-hydrogen) atoms. The minimum absolute atomic E-state index is 0.0934. The lowest BCUT2D eigenvalue weighted by atomic mass is 10.0. The maximum absolute atomic E-state index is 13.9. The molecule has 17 heteroatoms. The van der Waals surface area contributed by atoms with Crippen LogP contribution in [0.1, 0.15) is 66.6 Å². The number of nitrogens with one attached hydrogen (secondary N) is 4. The third-order valence-corrected chi connectivity index (χ3v) is 9.10. The number of unbranched alkanes of at least 4 members (excludes halogenated alkanes) is 1. The number of halogens is 1. The van der Waals surface area contributed by atoms with Gasteiger partial charge in [0.05, 0.1) is 5.57 Å². The summed E-state index contributed by atoms with van der Waals surface area (Å²) in [4.78, 5) is 48.0. The zero-order chi connectivity index (χ0) is 36.8. The Morgan fingerprint density at radius 2 is 2.00 bits per heavy atom. The molecule has 15 nitrogen and oxygen atoms in total. The number of anilines is 1. The highest BCUT2D eigenvalue weighted by molar-refractivity contribution is 7.33. The van der Waals surface area contributed by atoms with Crippen molar-refractivity contribution in [2.75, 3.05) is 45.7 Å². The van der Waals surface area contributed by atoms with E-state index in [-0.39, 0.29) is 43.3 Å². The number of aliphatic imine (C=N–C) groups is 1. The Balaban J connectivity index is 1.59. The number of amides is 3. The van der Waals surface area contributed by atoms with Crippen molar-refractivity contribution in [3.05, 3.63) is 52.1 Å². The number of guanidine groups is 1. The molecule has 0 saturated heterocycles. The number of H-pyrrole nitrogens is 1. The van der Waals surface area contributed by atoms with Gasteiger partial charge in [-0.25, -0.2) is 4.39 Å². The van der Waals surface area contributed by atoms with Crippen LogP contribution in [0.3, 0.4) is 0 Å². The highest BCUT2D eigenvalue weighted by Crippen LogP contribution is 2.34. The fourth-order valence-corrected chi connectivity index (χ4v) is 6.06. The molecule has 3 rings (SSSR count). The second-order valence-corrected chi connectivity index (χ2v) is 13.0. The van der Waals surface area contributed by atoms with Crippen LogP contribution in [0.2, 0.25) is 0 Å². The Bertz CT molecular complexity index is 1580. The largest absolute Gasteiger partial charge is 0.688 e. The third kappa shape index (κ3) is 11.7. The van der Waals surface area contributed by atoms with Gasteiger partial charge in [-0.1, -0.05) is 6.42 Å². The molecule has 0 spiro atoms. The molecule has 2 unspecified atom stereocenters. The first kappa shape index (κ1) is 40.2. The quantitative estimate of drug-likeness (QED) is 0.0223. The molecular weight excluding hydrogens is 672 g/mol. The van der Waals surface area contributed by atoms with E-state index in [4.69, 9.17) is 10.3 Å². The molecule has 0 fully saturated rings. The number of fused-ring (bicyclic) bond motifs is 1. The van der Waals surface area contributed by atoms with Crippen molar-refractivity contribution in [2.45, 2.75) is 64.8 Å². The van der Waals surface area contributed by atoms with Gasteiger partial charge in [-0.05, 0) is 81.4 Å². The van der Waals surface area contributed by atoms with Crippen molar-refractivity contribution < 1.29 is 42.9 Å². The summed E-state index contributed by atoms with van der Waals surface area (Å²) in [7, 11) is 0.609. The van der Waals surface area contributed by atoms with Crippen LogP contribution in [0.5, 0.6) is 0 Å². The number of aromatic nitrogens is 1. The number of nitrogens with two attached hydrogens (primary N) is 1. The van der Waals surface area contributed by atoms with E-state index in [9.17, 15) is 33.7 Å². The van der Waals surface area contributed by atoms with E-state index in [1.165, 1.54) is 18.2 Å². The van der Waals surface area contributed by atoms with Gasteiger partial charge in [-0.3, -0.25) is 19.4 Å². The highest BCUT2D eigenvalue weighted by Gasteiger charge is 2.26. The number of aliphatic hydroxyl groups excluding tert-OH is 1. The van der Waals surface area contributed by atoms with Crippen molar-refractivity contribution in [1.29, 1.82) is 0 Å². The molecule has 0 aliphatic carbocycles. The summed E-state index contributed by atoms with van der Waals surface area (Å²) in [6, 6.07) is 3.33. The number of benzene rings is 1. The molecule has 1 aromatic carbocycles. The Kier molecular flexibility index (Phi) is 16.0. The number of hydrogen-bond donors (Lipinski definition) is 6. The van der Waals surface area contributed by atoms with E-state index < -0.39 is 20.1 Å². The maximum atomic E-state index is 13.9. The predicted octanol–water partition coefficient (Wildman–Crippen LogP) is 2.20. The van der Waals surface area contributed by atoms with Gasteiger partial charge in [0.2, 0.25) is 11.8 Å². The lowest BCUT2D eigenvalue weighted by Gasteiger charge is -2.21. The van der Waals surface area contributed by atoms with Crippen molar-refractivity contribution in [3.63, 3.8) is 0 Å². The summed E-state index contributed by atoms with van der Waals surface area (Å²) >= 11 is 0. The van der Waals surface area contributed by atoms with Gasteiger partial charge in [0.25, 0.3) is 5.91 Å². The van der Waals surface area contributed by atoms with Crippen LogP contribution in [0.4, 0.5) is 10.1 Å². The Labute approximate surface area is 291 Å². The van der Waals surface area contributed by atoms with Crippen LogP contribution in [0.15, 0.2) is 23.2 Å². The molecule has 2 heterocycles. The first-order chi connectivity index (χ1) is 23.9. The first-order valence-electron chi connectivity index (χ1n) is 16.4. The number of nitrogens with zero attached hydrogens (tertiary/aromatic N) is 2. The summed E-state index contributed by atoms with van der Waals surface area (Å²) in [5, 5.41) is 28.1. The summed E-state index contributed by atoms with van der Waals surface area (Å²) in [6.45, 7) is 4.29. The fourth-order valence-electron chi connectivity index (χ4n) is 5.68. The average Bonchev–Trinajstić information content (AvgIpc) is 3.55. The molecule has 2 aromatic rings. The number of aliphatic hydroxyl groups is 1. The summed E-state index contributed by atoms with van der Waals surface area (Å²) in [5.74, 6) is -1.40. The lowest BCUT2D eigenvalue weighted by Crippen LogP contribution is -2.47. The number of hydrogen-bond acceptors (Lipinski definition) is 9.